The van der Waals surface area contributed by atoms with E-state index in [0.717, 1.165) is 46.9 Å². The number of aromatic nitrogens is 3. The maximum atomic E-state index is 11.8. The summed E-state index contributed by atoms with van der Waals surface area (Å²) in [6.07, 6.45) is 2.72. The molecule has 140 valence electrons. The first-order valence-corrected chi connectivity index (χ1v) is 9.11. The van der Waals surface area contributed by atoms with Crippen molar-refractivity contribution in [1.29, 1.82) is 0 Å². The Morgan fingerprint density at radius 3 is 2.56 bits per heavy atom. The van der Waals surface area contributed by atoms with Crippen LogP contribution in [0, 0.1) is 6.92 Å². The molecule has 4 rings (SSSR count). The van der Waals surface area contributed by atoms with Gasteiger partial charge in [0.2, 0.25) is 5.91 Å². The van der Waals surface area contributed by atoms with Gasteiger partial charge in [-0.25, -0.2) is 0 Å². The van der Waals surface area contributed by atoms with Crippen LogP contribution >= 0.6 is 0 Å². The lowest BCUT2D eigenvalue weighted by Crippen LogP contribution is -2.34. The molecule has 1 N–H and O–H groups in total. The van der Waals surface area contributed by atoms with Gasteiger partial charge in [-0.15, -0.1) is 0 Å². The molecule has 6 nitrogen and oxygen atoms in total. The lowest BCUT2D eigenvalue weighted by molar-refractivity contribution is -0.129. The molecule has 1 aromatic carbocycles. The van der Waals surface area contributed by atoms with Crippen molar-refractivity contribution in [1.82, 2.24) is 19.7 Å². The average Bonchev–Trinajstić information content (AvgIpc) is 2.98. The number of benzene rings is 1. The molecule has 1 aliphatic heterocycles. The molecule has 27 heavy (non-hydrogen) atoms. The Morgan fingerprint density at radius 2 is 1.89 bits per heavy atom. The summed E-state index contributed by atoms with van der Waals surface area (Å²) < 4.78 is 1.92. The number of pyridine rings is 1. The molecule has 0 bridgehead atoms. The summed E-state index contributed by atoms with van der Waals surface area (Å²) in [5, 5.41) is 8.04. The Morgan fingerprint density at radius 1 is 1.15 bits per heavy atom. The van der Waals surface area contributed by atoms with Gasteiger partial charge < -0.3 is 10.2 Å². The molecular formula is C21H25N5O. The van der Waals surface area contributed by atoms with Crippen LogP contribution in [0.4, 0.5) is 11.5 Å². The third kappa shape index (κ3) is 3.43. The molecule has 0 aliphatic carbocycles. The maximum absolute atomic E-state index is 11.8. The number of hydrogen-bond donors (Lipinski definition) is 1. The highest BCUT2D eigenvalue weighted by Gasteiger charge is 2.25. The van der Waals surface area contributed by atoms with E-state index < -0.39 is 0 Å². The fourth-order valence-corrected chi connectivity index (χ4v) is 3.48. The number of aryl methyl sites for hydroxylation is 2. The number of carbonyl (C=O) groups is 1. The minimum Gasteiger partial charge on any atom is -0.338 e. The van der Waals surface area contributed by atoms with Gasteiger partial charge in [-0.2, -0.15) is 5.10 Å². The van der Waals surface area contributed by atoms with E-state index in [2.05, 4.69) is 33.6 Å². The highest BCUT2D eigenvalue weighted by Crippen LogP contribution is 2.29. The van der Waals surface area contributed by atoms with Crippen LogP contribution in [0.3, 0.4) is 0 Å². The molecule has 6 heteroatoms. The van der Waals surface area contributed by atoms with Crippen LogP contribution < -0.4 is 5.32 Å². The van der Waals surface area contributed by atoms with Crippen LogP contribution in [0.1, 0.15) is 25.3 Å². The van der Waals surface area contributed by atoms with Crippen LogP contribution in [-0.4, -0.2) is 32.1 Å². The van der Waals surface area contributed by atoms with E-state index in [9.17, 15) is 4.79 Å². The van der Waals surface area contributed by atoms with Gasteiger partial charge in [-0.1, -0.05) is 18.2 Å². The number of hydrogen-bond acceptors (Lipinski definition) is 4. The molecular weight excluding hydrogens is 338 g/mol. The third-order valence-corrected chi connectivity index (χ3v) is 5.08. The van der Waals surface area contributed by atoms with E-state index in [1.807, 2.05) is 47.9 Å². The first kappa shape index (κ1) is 17.3. The third-order valence-electron chi connectivity index (χ3n) is 5.08. The zero-order chi connectivity index (χ0) is 19.0. The number of anilines is 2. The number of amides is 1. The zero-order valence-electron chi connectivity index (χ0n) is 15.9. The van der Waals surface area contributed by atoms with E-state index >= 15 is 0 Å². The Balaban J connectivity index is 0.00000225. The molecule has 0 unspecified atom stereocenters. The number of fused-ring (bicyclic) bond motifs is 1. The summed E-state index contributed by atoms with van der Waals surface area (Å²) in [7, 11) is 1.96. The molecule has 1 amide bonds. The average molecular weight is 363 g/mol. The van der Waals surface area contributed by atoms with Gasteiger partial charge in [-0.3, -0.25) is 14.5 Å². The summed E-state index contributed by atoms with van der Waals surface area (Å²) in [5.41, 5.74) is 6.50. The number of rotatable bonds is 3. The van der Waals surface area contributed by atoms with Gasteiger partial charge in [0, 0.05) is 62.8 Å². The highest BCUT2D eigenvalue weighted by atomic mass is 16.2. The molecule has 2 aromatic heterocycles. The molecule has 0 radical (unpaired) electrons. The lowest BCUT2D eigenvalue weighted by atomic mass is 10.1. The minimum absolute atomic E-state index is 0. The Labute approximate surface area is 160 Å². The standard InChI is InChI=1S/C21H23N5O.H2/c1-14-4-5-17(12-22-14)16-6-8-18(9-7-16)23-21-19-13-26(15(2)27)11-10-20(19)25(3)24-21;/h4-9,12H,10-11,13H2,1-3H3,(H,23,24);1H. The Kier molecular flexibility index (Phi) is 4.39. The van der Waals surface area contributed by atoms with Gasteiger partial charge in [0.25, 0.3) is 0 Å². The van der Waals surface area contributed by atoms with Crippen molar-refractivity contribution in [3.63, 3.8) is 0 Å². The lowest BCUT2D eigenvalue weighted by Gasteiger charge is -2.26. The predicted octanol–water partition coefficient (Wildman–Crippen LogP) is 3.68. The largest absolute Gasteiger partial charge is 0.338 e. The Hall–Kier alpha value is -3.15. The van der Waals surface area contributed by atoms with Crippen LogP contribution in [0.2, 0.25) is 0 Å². The second-order valence-electron chi connectivity index (χ2n) is 6.98. The SMILES string of the molecule is CC(=O)N1CCc2c(c(Nc3ccc(-c4ccc(C)nc4)cc3)nn2C)C1.[HH]. The monoisotopic (exact) mass is 363 g/mol. The molecule has 0 fully saturated rings. The number of nitrogens with zero attached hydrogens (tertiary/aromatic N) is 4. The van der Waals surface area contributed by atoms with Gasteiger partial charge in [0.05, 0.1) is 6.54 Å². The summed E-state index contributed by atoms with van der Waals surface area (Å²) in [4.78, 5) is 18.0. The summed E-state index contributed by atoms with van der Waals surface area (Å²) in [5.74, 6) is 0.926. The molecule has 3 aromatic rings. The second kappa shape index (κ2) is 6.87. The topological polar surface area (TPSA) is 63.1 Å². The molecule has 3 heterocycles. The van der Waals surface area contributed by atoms with Crippen molar-refractivity contribution >= 4 is 17.4 Å². The predicted molar refractivity (Wildman–Crippen MR) is 108 cm³/mol. The molecule has 0 saturated carbocycles. The Bertz CT molecular complexity index is 979. The smallest absolute Gasteiger partial charge is 0.219 e. The van der Waals surface area contributed by atoms with E-state index in [0.29, 0.717) is 6.54 Å². The van der Waals surface area contributed by atoms with Gasteiger partial charge in [0.1, 0.15) is 0 Å². The molecule has 0 atom stereocenters. The minimum atomic E-state index is 0. The first-order valence-electron chi connectivity index (χ1n) is 9.11. The first-order chi connectivity index (χ1) is 13.0. The van der Waals surface area contributed by atoms with Crippen molar-refractivity contribution in [3.05, 3.63) is 59.5 Å². The fourth-order valence-electron chi connectivity index (χ4n) is 3.48. The molecule has 1 aliphatic rings. The summed E-state index contributed by atoms with van der Waals surface area (Å²) >= 11 is 0. The van der Waals surface area contributed by atoms with E-state index in [4.69, 9.17) is 0 Å². The summed E-state index contributed by atoms with van der Waals surface area (Å²) in [6, 6.07) is 12.3. The highest BCUT2D eigenvalue weighted by molar-refractivity contribution is 5.74. The van der Waals surface area contributed by atoms with Crippen LogP contribution in [0.25, 0.3) is 11.1 Å². The fraction of sp³-hybridized carbons (Fsp3) is 0.286. The van der Waals surface area contributed by atoms with Crippen molar-refractivity contribution in [2.45, 2.75) is 26.8 Å². The van der Waals surface area contributed by atoms with Crippen molar-refractivity contribution in [3.8, 4) is 11.1 Å². The molecule has 0 saturated heterocycles. The van der Waals surface area contributed by atoms with Crippen LogP contribution in [-0.2, 0) is 24.8 Å². The normalized spacial score (nSPS) is 13.4. The van der Waals surface area contributed by atoms with E-state index in [-0.39, 0.29) is 7.33 Å². The van der Waals surface area contributed by atoms with Gasteiger partial charge in [0.15, 0.2) is 5.82 Å². The van der Waals surface area contributed by atoms with Gasteiger partial charge in [-0.05, 0) is 30.7 Å². The van der Waals surface area contributed by atoms with E-state index in [1.54, 1.807) is 6.92 Å². The number of nitrogens with one attached hydrogen (secondary N) is 1. The van der Waals surface area contributed by atoms with E-state index in [1.165, 1.54) is 5.69 Å². The second-order valence-corrected chi connectivity index (χ2v) is 6.98. The van der Waals surface area contributed by atoms with Crippen molar-refractivity contribution in [2.24, 2.45) is 7.05 Å². The molecule has 0 spiro atoms. The van der Waals surface area contributed by atoms with Crippen LogP contribution in [0.5, 0.6) is 0 Å². The summed E-state index contributed by atoms with van der Waals surface area (Å²) in [6.45, 7) is 4.96. The maximum Gasteiger partial charge on any atom is 0.219 e. The van der Waals surface area contributed by atoms with Crippen molar-refractivity contribution < 1.29 is 6.22 Å². The van der Waals surface area contributed by atoms with Crippen molar-refractivity contribution in [2.75, 3.05) is 11.9 Å². The van der Waals surface area contributed by atoms with Crippen LogP contribution in [0.15, 0.2) is 42.6 Å². The van der Waals surface area contributed by atoms with Gasteiger partial charge >= 0.3 is 0 Å². The number of carbonyl (C=O) groups excluding carboxylic acids is 1. The zero-order valence-corrected chi connectivity index (χ0v) is 15.9. The quantitative estimate of drug-likeness (QED) is 0.771.